The average molecular weight is 159 g/mol. The lowest BCUT2D eigenvalue weighted by atomic mass is 10.2. The van der Waals surface area contributed by atoms with Gasteiger partial charge in [-0.05, 0) is 12.8 Å². The first-order chi connectivity index (χ1) is 5.16. The van der Waals surface area contributed by atoms with Gasteiger partial charge in [-0.3, -0.25) is 4.79 Å². The third-order valence-corrected chi connectivity index (χ3v) is 1.24. The van der Waals surface area contributed by atoms with Gasteiger partial charge in [0.1, 0.15) is 5.84 Å². The molecular formula is C6H13N3O2. The number of hydrogen-bond donors (Lipinski definition) is 3. The summed E-state index contributed by atoms with van der Waals surface area (Å²) >= 11 is 0. The van der Waals surface area contributed by atoms with E-state index in [-0.39, 0.29) is 6.42 Å². The number of amidine groups is 1. The summed E-state index contributed by atoms with van der Waals surface area (Å²) in [6.07, 6.45) is 2.09. The van der Waals surface area contributed by atoms with Gasteiger partial charge >= 0.3 is 5.97 Å². The van der Waals surface area contributed by atoms with Crippen molar-refractivity contribution in [2.45, 2.75) is 25.7 Å². The van der Waals surface area contributed by atoms with E-state index in [0.717, 1.165) is 6.42 Å². The van der Waals surface area contributed by atoms with Gasteiger partial charge in [-0.25, -0.2) is 0 Å². The number of aliphatic carboxylic acids is 1. The highest BCUT2D eigenvalue weighted by Crippen LogP contribution is 1.98. The van der Waals surface area contributed by atoms with Crippen LogP contribution in [-0.2, 0) is 4.79 Å². The monoisotopic (exact) mass is 159 g/mol. The minimum Gasteiger partial charge on any atom is -0.481 e. The Bertz CT molecular complexity index is 156. The zero-order chi connectivity index (χ0) is 8.69. The lowest BCUT2D eigenvalue weighted by Crippen LogP contribution is -2.13. The van der Waals surface area contributed by atoms with E-state index >= 15 is 0 Å². The minimum atomic E-state index is -0.784. The molecule has 0 rings (SSSR count). The first-order valence-corrected chi connectivity index (χ1v) is 3.41. The minimum absolute atomic E-state index is 0.178. The number of carbonyl (C=O) groups is 1. The Balaban J connectivity index is 3.21. The number of carboxylic acids is 1. The number of rotatable bonds is 5. The molecule has 0 radical (unpaired) electrons. The number of nitrogens with two attached hydrogens (primary N) is 2. The van der Waals surface area contributed by atoms with Crippen molar-refractivity contribution >= 4 is 11.8 Å². The third kappa shape index (κ3) is 6.63. The van der Waals surface area contributed by atoms with Crippen molar-refractivity contribution in [1.82, 2.24) is 0 Å². The van der Waals surface area contributed by atoms with Gasteiger partial charge in [-0.1, -0.05) is 0 Å². The molecule has 0 aromatic heterocycles. The van der Waals surface area contributed by atoms with Gasteiger partial charge in [-0.15, -0.1) is 0 Å². The Labute approximate surface area is 65.1 Å². The van der Waals surface area contributed by atoms with Crippen LogP contribution in [0.1, 0.15) is 25.7 Å². The fourth-order valence-electron chi connectivity index (χ4n) is 0.647. The topological polar surface area (TPSA) is 102 Å². The third-order valence-electron chi connectivity index (χ3n) is 1.24. The summed E-state index contributed by atoms with van der Waals surface area (Å²) in [5, 5.41) is 11.5. The highest BCUT2D eigenvalue weighted by Gasteiger charge is 1.97. The van der Waals surface area contributed by atoms with Crippen LogP contribution in [0.25, 0.3) is 0 Å². The van der Waals surface area contributed by atoms with Crippen molar-refractivity contribution in [2.24, 2.45) is 16.7 Å². The molecule has 0 saturated heterocycles. The van der Waals surface area contributed by atoms with E-state index in [0.29, 0.717) is 18.7 Å². The molecular weight excluding hydrogens is 146 g/mol. The molecule has 0 aliphatic carbocycles. The molecule has 0 aromatic carbocycles. The van der Waals surface area contributed by atoms with Gasteiger partial charge in [0.25, 0.3) is 0 Å². The second-order valence-electron chi connectivity index (χ2n) is 2.22. The highest BCUT2D eigenvalue weighted by atomic mass is 16.4. The van der Waals surface area contributed by atoms with Crippen LogP contribution in [0.15, 0.2) is 5.10 Å². The zero-order valence-electron chi connectivity index (χ0n) is 6.29. The molecule has 0 aliphatic rings. The molecule has 0 aliphatic heterocycles. The number of hydrogen-bond acceptors (Lipinski definition) is 3. The van der Waals surface area contributed by atoms with Crippen LogP contribution in [0.2, 0.25) is 0 Å². The largest absolute Gasteiger partial charge is 0.481 e. The molecule has 0 spiro atoms. The number of carboxylic acid groups (broad SMARTS) is 1. The van der Waals surface area contributed by atoms with E-state index in [1.807, 2.05) is 0 Å². The summed E-state index contributed by atoms with van der Waals surface area (Å²) in [7, 11) is 0. The van der Waals surface area contributed by atoms with E-state index in [9.17, 15) is 4.79 Å². The average Bonchev–Trinajstić information content (AvgIpc) is 1.97. The van der Waals surface area contributed by atoms with Gasteiger partial charge < -0.3 is 16.7 Å². The van der Waals surface area contributed by atoms with Gasteiger partial charge in [0.05, 0.1) is 0 Å². The fourth-order valence-corrected chi connectivity index (χ4v) is 0.647. The summed E-state index contributed by atoms with van der Waals surface area (Å²) < 4.78 is 0. The van der Waals surface area contributed by atoms with Crippen LogP contribution in [-0.4, -0.2) is 16.9 Å². The molecule has 0 aromatic rings. The summed E-state index contributed by atoms with van der Waals surface area (Å²) in [4.78, 5) is 10.0. The molecule has 0 heterocycles. The Morgan fingerprint density at radius 2 is 1.91 bits per heavy atom. The highest BCUT2D eigenvalue weighted by molar-refractivity contribution is 5.79. The van der Waals surface area contributed by atoms with Crippen LogP contribution in [0, 0.1) is 0 Å². The molecule has 0 bridgehead atoms. The first kappa shape index (κ1) is 9.74. The Hall–Kier alpha value is -1.26. The van der Waals surface area contributed by atoms with Crippen LogP contribution in [0.5, 0.6) is 0 Å². The van der Waals surface area contributed by atoms with Gasteiger partial charge in [0.15, 0.2) is 0 Å². The summed E-state index contributed by atoms with van der Waals surface area (Å²) in [5.41, 5.74) is 5.27. The lowest BCUT2D eigenvalue weighted by molar-refractivity contribution is -0.137. The quantitative estimate of drug-likeness (QED) is 0.171. The SMILES string of the molecule is N/N=C(\N)CCCCC(=O)O. The maximum Gasteiger partial charge on any atom is 0.303 e. The van der Waals surface area contributed by atoms with Crippen LogP contribution in [0.4, 0.5) is 0 Å². The van der Waals surface area contributed by atoms with E-state index in [4.69, 9.17) is 16.7 Å². The number of nitrogens with zero attached hydrogens (tertiary/aromatic N) is 1. The van der Waals surface area contributed by atoms with E-state index in [1.165, 1.54) is 0 Å². The molecule has 0 saturated carbocycles. The smallest absolute Gasteiger partial charge is 0.303 e. The molecule has 0 unspecified atom stereocenters. The van der Waals surface area contributed by atoms with Gasteiger partial charge in [0, 0.05) is 12.8 Å². The Kier molecular flexibility index (Phi) is 4.89. The molecule has 0 amide bonds. The summed E-state index contributed by atoms with van der Waals surface area (Å²) in [5.74, 6) is 4.45. The first-order valence-electron chi connectivity index (χ1n) is 3.41. The van der Waals surface area contributed by atoms with Crippen molar-refractivity contribution in [3.63, 3.8) is 0 Å². The van der Waals surface area contributed by atoms with Crippen molar-refractivity contribution in [2.75, 3.05) is 0 Å². The van der Waals surface area contributed by atoms with Crippen LogP contribution < -0.4 is 11.6 Å². The maximum atomic E-state index is 10.0. The van der Waals surface area contributed by atoms with Crippen molar-refractivity contribution in [3.05, 3.63) is 0 Å². The fraction of sp³-hybridized carbons (Fsp3) is 0.667. The maximum absolute atomic E-state index is 10.0. The van der Waals surface area contributed by atoms with Crippen LogP contribution in [0.3, 0.4) is 0 Å². The normalized spacial score (nSPS) is 11.5. The second kappa shape index (κ2) is 5.52. The second-order valence-corrected chi connectivity index (χ2v) is 2.22. The molecule has 0 atom stereocenters. The number of unbranched alkanes of at least 4 members (excludes halogenated alkanes) is 1. The Morgan fingerprint density at radius 3 is 2.36 bits per heavy atom. The van der Waals surface area contributed by atoms with Gasteiger partial charge in [-0.2, -0.15) is 5.10 Å². The van der Waals surface area contributed by atoms with Crippen molar-refractivity contribution in [1.29, 1.82) is 0 Å². The van der Waals surface area contributed by atoms with E-state index in [2.05, 4.69) is 5.10 Å². The summed E-state index contributed by atoms with van der Waals surface area (Å²) in [6, 6.07) is 0. The predicted molar refractivity (Wildman–Crippen MR) is 41.9 cm³/mol. The van der Waals surface area contributed by atoms with Crippen molar-refractivity contribution < 1.29 is 9.90 Å². The molecule has 64 valence electrons. The molecule has 11 heavy (non-hydrogen) atoms. The molecule has 5 nitrogen and oxygen atoms in total. The molecule has 0 fully saturated rings. The van der Waals surface area contributed by atoms with Crippen LogP contribution >= 0.6 is 0 Å². The molecule has 5 heteroatoms. The molecule has 5 N–H and O–H groups in total. The van der Waals surface area contributed by atoms with Crippen molar-refractivity contribution in [3.8, 4) is 0 Å². The zero-order valence-corrected chi connectivity index (χ0v) is 6.29. The van der Waals surface area contributed by atoms with E-state index < -0.39 is 5.97 Å². The van der Waals surface area contributed by atoms with E-state index in [1.54, 1.807) is 0 Å². The Morgan fingerprint density at radius 1 is 1.36 bits per heavy atom. The lowest BCUT2D eigenvalue weighted by Gasteiger charge is -1.96. The number of hydrazone groups is 1. The standard InChI is InChI=1S/C6H13N3O2/c7-5(9-8)3-1-2-4-6(10)11/h1-4,8H2,(H2,7,9)(H,10,11). The van der Waals surface area contributed by atoms with Gasteiger partial charge in [0.2, 0.25) is 0 Å². The predicted octanol–water partition coefficient (Wildman–Crippen LogP) is -0.138. The summed E-state index contributed by atoms with van der Waals surface area (Å²) in [6.45, 7) is 0.